The highest BCUT2D eigenvalue weighted by Crippen LogP contribution is 2.05. The molecular formula is C10H14N2O. The summed E-state index contributed by atoms with van der Waals surface area (Å²) in [5, 5.41) is 0. The van der Waals surface area contributed by atoms with E-state index in [1.807, 2.05) is 19.9 Å². The molecular weight excluding hydrogens is 164 g/mol. The Bertz CT molecular complexity index is 308. The van der Waals surface area contributed by atoms with Gasteiger partial charge in [0.2, 0.25) is 0 Å². The first-order chi connectivity index (χ1) is 6.09. The van der Waals surface area contributed by atoms with Gasteiger partial charge < -0.3 is 5.73 Å². The molecule has 1 unspecified atom stereocenters. The summed E-state index contributed by atoms with van der Waals surface area (Å²) in [6.45, 7) is 3.73. The summed E-state index contributed by atoms with van der Waals surface area (Å²) < 4.78 is 0. The van der Waals surface area contributed by atoms with Crippen molar-refractivity contribution in [3.8, 4) is 0 Å². The van der Waals surface area contributed by atoms with E-state index in [0.717, 1.165) is 5.56 Å². The van der Waals surface area contributed by atoms with Crippen LogP contribution in [0.2, 0.25) is 0 Å². The highest BCUT2D eigenvalue weighted by Gasteiger charge is 2.08. The molecule has 0 bridgehead atoms. The molecule has 1 atom stereocenters. The fourth-order valence-electron chi connectivity index (χ4n) is 1.12. The van der Waals surface area contributed by atoms with Crippen LogP contribution < -0.4 is 5.73 Å². The van der Waals surface area contributed by atoms with E-state index in [0.29, 0.717) is 12.0 Å². The van der Waals surface area contributed by atoms with E-state index in [4.69, 9.17) is 5.73 Å². The minimum absolute atomic E-state index is 0.0613. The van der Waals surface area contributed by atoms with E-state index >= 15 is 0 Å². The van der Waals surface area contributed by atoms with Crippen molar-refractivity contribution in [3.05, 3.63) is 29.6 Å². The molecule has 1 aromatic heterocycles. The molecule has 13 heavy (non-hydrogen) atoms. The molecule has 0 aliphatic heterocycles. The summed E-state index contributed by atoms with van der Waals surface area (Å²) in [6.07, 6.45) is 3.69. The fraction of sp³-hybridized carbons (Fsp3) is 0.400. The van der Waals surface area contributed by atoms with E-state index in [9.17, 15) is 4.79 Å². The standard InChI is InChI=1S/C10H14N2O/c1-7-3-9(6-12-5-7)10(13)4-8(2)11/h3,5-6,8H,4,11H2,1-2H3. The Morgan fingerprint density at radius 2 is 2.31 bits per heavy atom. The number of carbonyl (C=O) groups excluding carboxylic acids is 1. The summed E-state index contributed by atoms with van der Waals surface area (Å²) in [7, 11) is 0. The molecule has 3 heteroatoms. The van der Waals surface area contributed by atoms with Gasteiger partial charge in [-0.15, -0.1) is 0 Å². The number of nitrogens with zero attached hydrogens (tertiary/aromatic N) is 1. The molecule has 0 radical (unpaired) electrons. The molecule has 1 aromatic rings. The van der Waals surface area contributed by atoms with Crippen molar-refractivity contribution in [2.24, 2.45) is 5.73 Å². The van der Waals surface area contributed by atoms with Crippen molar-refractivity contribution in [3.63, 3.8) is 0 Å². The van der Waals surface area contributed by atoms with Crippen molar-refractivity contribution in [2.45, 2.75) is 26.3 Å². The number of nitrogens with two attached hydrogens (primary N) is 1. The van der Waals surface area contributed by atoms with E-state index < -0.39 is 0 Å². The number of rotatable bonds is 3. The Kier molecular flexibility index (Phi) is 3.14. The minimum Gasteiger partial charge on any atom is -0.328 e. The zero-order valence-corrected chi connectivity index (χ0v) is 7.95. The van der Waals surface area contributed by atoms with Crippen LogP contribution in [0.3, 0.4) is 0 Å². The van der Waals surface area contributed by atoms with Crippen LogP contribution in [0.4, 0.5) is 0 Å². The van der Waals surface area contributed by atoms with Crippen molar-refractivity contribution in [2.75, 3.05) is 0 Å². The molecule has 70 valence electrons. The van der Waals surface area contributed by atoms with Crippen LogP contribution in [-0.4, -0.2) is 16.8 Å². The molecule has 2 N–H and O–H groups in total. The highest BCUT2D eigenvalue weighted by atomic mass is 16.1. The molecule has 0 saturated heterocycles. The zero-order valence-electron chi connectivity index (χ0n) is 7.95. The zero-order chi connectivity index (χ0) is 9.84. The van der Waals surface area contributed by atoms with E-state index in [1.165, 1.54) is 0 Å². The molecule has 1 rings (SSSR count). The predicted octanol–water partition coefficient (Wildman–Crippen LogP) is 1.31. The normalized spacial score (nSPS) is 12.5. The topological polar surface area (TPSA) is 56.0 Å². The van der Waals surface area contributed by atoms with Gasteiger partial charge in [0.15, 0.2) is 5.78 Å². The number of hydrogen-bond donors (Lipinski definition) is 1. The second kappa shape index (κ2) is 4.14. The maximum atomic E-state index is 11.5. The summed E-state index contributed by atoms with van der Waals surface area (Å²) in [5.74, 6) is 0.0613. The Labute approximate surface area is 78.0 Å². The van der Waals surface area contributed by atoms with Crippen LogP contribution in [-0.2, 0) is 0 Å². The van der Waals surface area contributed by atoms with Crippen LogP contribution in [0.5, 0.6) is 0 Å². The Balaban J connectivity index is 2.77. The number of aryl methyl sites for hydroxylation is 1. The Morgan fingerprint density at radius 3 is 2.85 bits per heavy atom. The second-order valence-corrected chi connectivity index (χ2v) is 3.36. The van der Waals surface area contributed by atoms with Gasteiger partial charge in [-0.05, 0) is 25.5 Å². The lowest BCUT2D eigenvalue weighted by atomic mass is 10.1. The van der Waals surface area contributed by atoms with E-state index in [2.05, 4.69) is 4.98 Å². The lowest BCUT2D eigenvalue weighted by Crippen LogP contribution is -2.19. The van der Waals surface area contributed by atoms with Crippen LogP contribution >= 0.6 is 0 Å². The quantitative estimate of drug-likeness (QED) is 0.710. The summed E-state index contributed by atoms with van der Waals surface area (Å²) in [4.78, 5) is 15.4. The van der Waals surface area contributed by atoms with Gasteiger partial charge in [-0.1, -0.05) is 0 Å². The van der Waals surface area contributed by atoms with E-state index in [-0.39, 0.29) is 11.8 Å². The van der Waals surface area contributed by atoms with Crippen LogP contribution in [0.15, 0.2) is 18.5 Å². The van der Waals surface area contributed by atoms with Crippen LogP contribution in [0.25, 0.3) is 0 Å². The van der Waals surface area contributed by atoms with Gasteiger partial charge in [0.1, 0.15) is 0 Å². The lowest BCUT2D eigenvalue weighted by Gasteiger charge is -2.03. The van der Waals surface area contributed by atoms with Gasteiger partial charge in [-0.3, -0.25) is 9.78 Å². The van der Waals surface area contributed by atoms with Crippen molar-refractivity contribution in [1.29, 1.82) is 0 Å². The molecule has 1 heterocycles. The van der Waals surface area contributed by atoms with Crippen LogP contribution in [0, 0.1) is 6.92 Å². The Morgan fingerprint density at radius 1 is 1.62 bits per heavy atom. The van der Waals surface area contributed by atoms with Gasteiger partial charge in [0, 0.05) is 30.4 Å². The van der Waals surface area contributed by atoms with Crippen molar-refractivity contribution in [1.82, 2.24) is 4.98 Å². The van der Waals surface area contributed by atoms with Crippen molar-refractivity contribution >= 4 is 5.78 Å². The fourth-order valence-corrected chi connectivity index (χ4v) is 1.12. The average Bonchev–Trinajstić information content (AvgIpc) is 2.03. The van der Waals surface area contributed by atoms with Crippen molar-refractivity contribution < 1.29 is 4.79 Å². The SMILES string of the molecule is Cc1cncc(C(=O)CC(C)N)c1. The second-order valence-electron chi connectivity index (χ2n) is 3.36. The Hall–Kier alpha value is -1.22. The lowest BCUT2D eigenvalue weighted by molar-refractivity contribution is 0.0976. The minimum atomic E-state index is -0.0898. The molecule has 3 nitrogen and oxygen atoms in total. The molecule has 0 amide bonds. The average molecular weight is 178 g/mol. The first-order valence-corrected chi connectivity index (χ1v) is 4.30. The number of pyridine rings is 1. The van der Waals surface area contributed by atoms with Gasteiger partial charge in [-0.25, -0.2) is 0 Å². The molecule has 0 aromatic carbocycles. The first kappa shape index (κ1) is 9.86. The maximum absolute atomic E-state index is 11.5. The van der Waals surface area contributed by atoms with Crippen LogP contribution in [0.1, 0.15) is 29.3 Å². The third kappa shape index (κ3) is 2.95. The molecule has 0 spiro atoms. The third-order valence-corrected chi connectivity index (χ3v) is 1.70. The van der Waals surface area contributed by atoms with Gasteiger partial charge in [-0.2, -0.15) is 0 Å². The predicted molar refractivity (Wildman–Crippen MR) is 51.6 cm³/mol. The largest absolute Gasteiger partial charge is 0.328 e. The van der Waals surface area contributed by atoms with Gasteiger partial charge in [0.25, 0.3) is 0 Å². The summed E-state index contributed by atoms with van der Waals surface area (Å²) in [6, 6.07) is 1.74. The maximum Gasteiger partial charge on any atom is 0.165 e. The van der Waals surface area contributed by atoms with Gasteiger partial charge >= 0.3 is 0 Å². The number of ketones is 1. The summed E-state index contributed by atoms with van der Waals surface area (Å²) >= 11 is 0. The van der Waals surface area contributed by atoms with Gasteiger partial charge in [0.05, 0.1) is 0 Å². The molecule has 0 aliphatic rings. The number of aromatic nitrogens is 1. The monoisotopic (exact) mass is 178 g/mol. The number of Topliss-reactive ketones (excluding diaryl/α,β-unsaturated/α-hetero) is 1. The molecule has 0 saturated carbocycles. The third-order valence-electron chi connectivity index (χ3n) is 1.70. The number of carbonyl (C=O) groups is 1. The first-order valence-electron chi connectivity index (χ1n) is 4.30. The number of hydrogen-bond acceptors (Lipinski definition) is 3. The van der Waals surface area contributed by atoms with E-state index in [1.54, 1.807) is 12.4 Å². The molecule has 0 fully saturated rings. The highest BCUT2D eigenvalue weighted by molar-refractivity contribution is 5.96. The smallest absolute Gasteiger partial charge is 0.165 e. The summed E-state index contributed by atoms with van der Waals surface area (Å²) in [5.41, 5.74) is 7.17. The molecule has 0 aliphatic carbocycles.